The Bertz CT molecular complexity index is 1200. The smallest absolute Gasteiger partial charge is 0.255 e. The van der Waals surface area contributed by atoms with Crippen LogP contribution in [0.3, 0.4) is 0 Å². The third-order valence-corrected chi connectivity index (χ3v) is 6.48. The molecule has 1 heterocycles. The van der Waals surface area contributed by atoms with E-state index in [0.717, 1.165) is 22.4 Å². The first kappa shape index (κ1) is 24.1. The summed E-state index contributed by atoms with van der Waals surface area (Å²) >= 11 is 0. The number of benzene rings is 3. The predicted octanol–water partition coefficient (Wildman–Crippen LogP) is 3.99. The van der Waals surface area contributed by atoms with Crippen molar-refractivity contribution in [2.24, 2.45) is 0 Å². The SMILES string of the molecule is COc1ccc(CNC(=O)C2(C)Cc3ccccc3C(=O)N2Cc2cc(OC)cc(OC)c2)cc1. The van der Waals surface area contributed by atoms with Crippen LogP contribution in [0.1, 0.15) is 34.0 Å². The Labute approximate surface area is 205 Å². The highest BCUT2D eigenvalue weighted by Crippen LogP contribution is 2.34. The first-order chi connectivity index (χ1) is 16.9. The van der Waals surface area contributed by atoms with E-state index in [4.69, 9.17) is 14.2 Å². The Kier molecular flexibility index (Phi) is 6.96. The molecule has 7 heteroatoms. The van der Waals surface area contributed by atoms with Gasteiger partial charge in [-0.25, -0.2) is 0 Å². The van der Waals surface area contributed by atoms with Gasteiger partial charge in [-0.3, -0.25) is 9.59 Å². The van der Waals surface area contributed by atoms with Gasteiger partial charge in [0, 0.05) is 31.1 Å². The zero-order valence-corrected chi connectivity index (χ0v) is 20.5. The van der Waals surface area contributed by atoms with Crippen LogP contribution in [0.5, 0.6) is 17.2 Å². The lowest BCUT2D eigenvalue weighted by atomic mass is 9.82. The van der Waals surface area contributed by atoms with Crippen molar-refractivity contribution in [3.8, 4) is 17.2 Å². The van der Waals surface area contributed by atoms with Crippen LogP contribution >= 0.6 is 0 Å². The Hall–Kier alpha value is -4.00. The molecule has 3 aromatic carbocycles. The number of methoxy groups -OCH3 is 3. The van der Waals surface area contributed by atoms with Gasteiger partial charge in [0.15, 0.2) is 0 Å². The zero-order chi connectivity index (χ0) is 25.0. The lowest BCUT2D eigenvalue weighted by molar-refractivity contribution is -0.132. The molecule has 0 saturated carbocycles. The summed E-state index contributed by atoms with van der Waals surface area (Å²) < 4.78 is 16.0. The lowest BCUT2D eigenvalue weighted by Gasteiger charge is -2.44. The van der Waals surface area contributed by atoms with Crippen LogP contribution in [0, 0.1) is 0 Å². The Morgan fingerprint density at radius 1 is 0.886 bits per heavy atom. The molecule has 182 valence electrons. The molecule has 0 aromatic heterocycles. The van der Waals surface area contributed by atoms with Crippen molar-refractivity contribution in [2.45, 2.75) is 32.0 Å². The van der Waals surface area contributed by atoms with Crippen LogP contribution in [-0.2, 0) is 24.3 Å². The molecule has 1 unspecified atom stereocenters. The highest BCUT2D eigenvalue weighted by atomic mass is 16.5. The summed E-state index contributed by atoms with van der Waals surface area (Å²) in [6.45, 7) is 2.39. The van der Waals surface area contributed by atoms with E-state index in [1.54, 1.807) is 32.3 Å². The summed E-state index contributed by atoms with van der Waals surface area (Å²) in [5, 5.41) is 3.04. The number of ether oxygens (including phenoxy) is 3. The van der Waals surface area contributed by atoms with E-state index < -0.39 is 5.54 Å². The minimum Gasteiger partial charge on any atom is -0.497 e. The normalized spacial score (nSPS) is 16.9. The number of nitrogens with one attached hydrogen (secondary N) is 1. The van der Waals surface area contributed by atoms with Gasteiger partial charge < -0.3 is 24.4 Å². The first-order valence-corrected chi connectivity index (χ1v) is 11.4. The highest BCUT2D eigenvalue weighted by molar-refractivity contribution is 6.02. The standard InChI is InChI=1S/C28H30N2O5/c1-28(27(32)29-17-19-9-11-22(33-2)12-10-19)16-21-7-5-6-8-25(21)26(31)30(28)18-20-13-23(34-3)15-24(14-20)35-4/h5-15H,16-18H2,1-4H3,(H,29,32). The number of fused-ring (bicyclic) bond motifs is 1. The third kappa shape index (κ3) is 4.94. The van der Waals surface area contributed by atoms with Crippen LogP contribution in [0.25, 0.3) is 0 Å². The summed E-state index contributed by atoms with van der Waals surface area (Å²) in [6, 6.07) is 20.5. The Balaban J connectivity index is 1.65. The highest BCUT2D eigenvalue weighted by Gasteiger charge is 2.46. The molecular formula is C28H30N2O5. The van der Waals surface area contributed by atoms with E-state index in [1.165, 1.54) is 0 Å². The molecule has 35 heavy (non-hydrogen) atoms. The van der Waals surface area contributed by atoms with Crippen LogP contribution in [0.4, 0.5) is 0 Å². The van der Waals surface area contributed by atoms with E-state index in [1.807, 2.05) is 67.6 Å². The number of carbonyl (C=O) groups excluding carboxylic acids is 2. The molecule has 7 nitrogen and oxygen atoms in total. The summed E-state index contributed by atoms with van der Waals surface area (Å²) in [7, 11) is 4.78. The van der Waals surface area contributed by atoms with E-state index in [0.29, 0.717) is 30.0 Å². The van der Waals surface area contributed by atoms with Gasteiger partial charge in [-0.1, -0.05) is 30.3 Å². The van der Waals surface area contributed by atoms with E-state index in [-0.39, 0.29) is 18.4 Å². The number of carbonyl (C=O) groups is 2. The van der Waals surface area contributed by atoms with Gasteiger partial charge in [-0.2, -0.15) is 0 Å². The van der Waals surface area contributed by atoms with Crippen molar-refractivity contribution in [1.82, 2.24) is 10.2 Å². The minimum atomic E-state index is -1.09. The second-order valence-corrected chi connectivity index (χ2v) is 8.75. The molecule has 4 rings (SSSR count). The number of nitrogens with zero attached hydrogens (tertiary/aromatic N) is 1. The predicted molar refractivity (Wildman–Crippen MR) is 133 cm³/mol. The molecular weight excluding hydrogens is 444 g/mol. The second-order valence-electron chi connectivity index (χ2n) is 8.75. The van der Waals surface area contributed by atoms with Gasteiger partial charge in [-0.15, -0.1) is 0 Å². The molecule has 0 saturated heterocycles. The minimum absolute atomic E-state index is 0.185. The fourth-order valence-corrected chi connectivity index (χ4v) is 4.42. The summed E-state index contributed by atoms with van der Waals surface area (Å²) in [5.74, 6) is 1.59. The first-order valence-electron chi connectivity index (χ1n) is 11.4. The largest absolute Gasteiger partial charge is 0.497 e. The maximum Gasteiger partial charge on any atom is 0.255 e. The quantitative estimate of drug-likeness (QED) is 0.534. The van der Waals surface area contributed by atoms with Crippen molar-refractivity contribution in [3.05, 3.63) is 89.0 Å². The van der Waals surface area contributed by atoms with Gasteiger partial charge in [0.1, 0.15) is 22.8 Å². The monoisotopic (exact) mass is 474 g/mol. The van der Waals surface area contributed by atoms with Crippen molar-refractivity contribution in [1.29, 1.82) is 0 Å². The average molecular weight is 475 g/mol. The topological polar surface area (TPSA) is 77.1 Å². The third-order valence-electron chi connectivity index (χ3n) is 6.48. The van der Waals surface area contributed by atoms with E-state index >= 15 is 0 Å². The molecule has 1 atom stereocenters. The van der Waals surface area contributed by atoms with Gasteiger partial charge >= 0.3 is 0 Å². The van der Waals surface area contributed by atoms with Gasteiger partial charge in [0.2, 0.25) is 5.91 Å². The maximum atomic E-state index is 13.7. The molecule has 0 bridgehead atoms. The summed E-state index contributed by atoms with van der Waals surface area (Å²) in [6.07, 6.45) is 0.407. The molecule has 0 spiro atoms. The molecule has 1 N–H and O–H groups in total. The van der Waals surface area contributed by atoms with Crippen LogP contribution < -0.4 is 19.5 Å². The van der Waals surface area contributed by atoms with Gasteiger partial charge in [-0.05, 0) is 53.9 Å². The molecule has 0 fully saturated rings. The molecule has 0 aliphatic carbocycles. The van der Waals surface area contributed by atoms with E-state index in [9.17, 15) is 9.59 Å². The van der Waals surface area contributed by atoms with Crippen molar-refractivity contribution in [2.75, 3.05) is 21.3 Å². The maximum absolute atomic E-state index is 13.7. The van der Waals surface area contributed by atoms with Crippen molar-refractivity contribution >= 4 is 11.8 Å². The molecule has 3 aromatic rings. The zero-order valence-electron chi connectivity index (χ0n) is 20.5. The van der Waals surface area contributed by atoms with Crippen LogP contribution in [0.2, 0.25) is 0 Å². The van der Waals surface area contributed by atoms with Crippen LogP contribution in [-0.4, -0.2) is 43.6 Å². The molecule has 0 radical (unpaired) electrons. The molecule has 1 aliphatic heterocycles. The van der Waals surface area contributed by atoms with E-state index in [2.05, 4.69) is 5.32 Å². The lowest BCUT2D eigenvalue weighted by Crippen LogP contribution is -2.62. The number of amides is 2. The van der Waals surface area contributed by atoms with Gasteiger partial charge in [0.05, 0.1) is 21.3 Å². The number of rotatable bonds is 8. The molecule has 2 amide bonds. The van der Waals surface area contributed by atoms with Crippen LogP contribution in [0.15, 0.2) is 66.7 Å². The second kappa shape index (κ2) is 10.1. The Morgan fingerprint density at radius 2 is 1.51 bits per heavy atom. The summed E-state index contributed by atoms with van der Waals surface area (Å²) in [4.78, 5) is 28.9. The van der Waals surface area contributed by atoms with Crippen molar-refractivity contribution in [3.63, 3.8) is 0 Å². The molecule has 1 aliphatic rings. The van der Waals surface area contributed by atoms with Gasteiger partial charge in [0.25, 0.3) is 5.91 Å². The Morgan fingerprint density at radius 3 is 2.14 bits per heavy atom. The number of hydrogen-bond acceptors (Lipinski definition) is 5. The fraction of sp³-hybridized carbons (Fsp3) is 0.286. The average Bonchev–Trinajstić information content (AvgIpc) is 2.89. The summed E-state index contributed by atoms with van der Waals surface area (Å²) in [5.41, 5.74) is 2.13. The van der Waals surface area contributed by atoms with Crippen molar-refractivity contribution < 1.29 is 23.8 Å². The fourth-order valence-electron chi connectivity index (χ4n) is 4.42. The number of hydrogen-bond donors (Lipinski definition) is 1.